The number of hydrogen-bond donors (Lipinski definition) is 5. The summed E-state index contributed by atoms with van der Waals surface area (Å²) in [4.78, 5) is 52.1. The van der Waals surface area contributed by atoms with Crippen LogP contribution in [0.1, 0.15) is 20.7 Å². The maximum atomic E-state index is 12.2. The molecular formula is C16H11N5O4. The minimum Gasteiger partial charge on any atom is -0.397 e. The molecule has 0 saturated carbocycles. The summed E-state index contributed by atoms with van der Waals surface area (Å²) in [5.74, 6) is -1.08. The summed E-state index contributed by atoms with van der Waals surface area (Å²) >= 11 is 0. The second kappa shape index (κ2) is 5.06. The first kappa shape index (κ1) is 14.7. The van der Waals surface area contributed by atoms with Gasteiger partial charge in [-0.2, -0.15) is 0 Å². The zero-order valence-electron chi connectivity index (χ0n) is 12.6. The molecule has 0 bridgehead atoms. The molecule has 6 N–H and O–H groups in total. The van der Waals surface area contributed by atoms with E-state index >= 15 is 0 Å². The zero-order chi connectivity index (χ0) is 17.7. The molecule has 1 aromatic heterocycles. The minimum absolute atomic E-state index is 0.114. The van der Waals surface area contributed by atoms with Crippen LogP contribution in [-0.4, -0.2) is 21.8 Å². The largest absolute Gasteiger partial charge is 0.397 e. The number of fused-ring (bicyclic) bond motifs is 2. The Bertz CT molecular complexity index is 1190. The molecule has 0 fully saturated rings. The number of nitrogens with two attached hydrogens (primary N) is 1. The van der Waals surface area contributed by atoms with E-state index in [1.807, 2.05) is 0 Å². The van der Waals surface area contributed by atoms with Crippen LogP contribution in [0, 0.1) is 0 Å². The molecule has 0 aliphatic carbocycles. The highest BCUT2D eigenvalue weighted by atomic mass is 16.2. The lowest BCUT2D eigenvalue weighted by atomic mass is 10.0. The Morgan fingerprint density at radius 3 is 2.52 bits per heavy atom. The molecule has 2 aromatic carbocycles. The molecule has 1 aliphatic rings. The van der Waals surface area contributed by atoms with Crippen molar-refractivity contribution in [2.75, 3.05) is 11.1 Å². The van der Waals surface area contributed by atoms with Crippen molar-refractivity contribution in [3.63, 3.8) is 0 Å². The third-order valence-electron chi connectivity index (χ3n) is 3.96. The lowest BCUT2D eigenvalue weighted by molar-refractivity contribution is 0.0880. The van der Waals surface area contributed by atoms with Gasteiger partial charge in [0.2, 0.25) is 0 Å². The lowest BCUT2D eigenvalue weighted by Gasteiger charge is -2.13. The molecule has 9 heteroatoms. The molecule has 3 aromatic rings. The Balaban J connectivity index is 1.95. The molecule has 0 saturated heterocycles. The van der Waals surface area contributed by atoms with Crippen LogP contribution in [0.3, 0.4) is 0 Å². The van der Waals surface area contributed by atoms with Crippen molar-refractivity contribution >= 4 is 39.8 Å². The fraction of sp³-hybridized carbons (Fsp3) is 0. The van der Waals surface area contributed by atoms with Gasteiger partial charge in [-0.1, -0.05) is 6.07 Å². The topological polar surface area (TPSA) is 150 Å². The van der Waals surface area contributed by atoms with Crippen LogP contribution in [0.4, 0.5) is 17.1 Å². The molecule has 9 nitrogen and oxygen atoms in total. The van der Waals surface area contributed by atoms with Gasteiger partial charge in [0.25, 0.3) is 17.4 Å². The van der Waals surface area contributed by atoms with Crippen molar-refractivity contribution in [1.82, 2.24) is 15.3 Å². The summed E-state index contributed by atoms with van der Waals surface area (Å²) in [7, 11) is 0. The standard InChI is InChI=1S/C16H11N5O4/c17-7-5-4-6-10(14(23)20-13(6)22)12(7)18-8-2-1-3-9-11(8)15(24)21-16(25)19-9/h1-5,18H,17H2,(H,20,22,23)(H2,19,21,24,25). The molecule has 25 heavy (non-hydrogen) atoms. The Hall–Kier alpha value is -3.88. The van der Waals surface area contributed by atoms with Crippen molar-refractivity contribution in [2.45, 2.75) is 0 Å². The molecule has 2 heterocycles. The Morgan fingerprint density at radius 2 is 1.72 bits per heavy atom. The number of nitrogen functional groups attached to an aromatic ring is 1. The van der Waals surface area contributed by atoms with Crippen molar-refractivity contribution in [2.24, 2.45) is 0 Å². The molecule has 2 amide bonds. The van der Waals surface area contributed by atoms with Crippen molar-refractivity contribution < 1.29 is 9.59 Å². The first-order valence-electron chi connectivity index (χ1n) is 7.26. The molecule has 0 radical (unpaired) electrons. The van der Waals surface area contributed by atoms with E-state index in [4.69, 9.17) is 5.73 Å². The number of benzene rings is 2. The van der Waals surface area contributed by atoms with Gasteiger partial charge in [0.1, 0.15) is 0 Å². The fourth-order valence-corrected chi connectivity index (χ4v) is 2.87. The number of anilines is 3. The minimum atomic E-state index is -0.625. The van der Waals surface area contributed by atoms with Crippen LogP contribution in [0.15, 0.2) is 39.9 Å². The molecule has 0 spiro atoms. The van der Waals surface area contributed by atoms with E-state index in [0.29, 0.717) is 11.2 Å². The van der Waals surface area contributed by atoms with E-state index in [-0.39, 0.29) is 27.9 Å². The van der Waals surface area contributed by atoms with Crippen molar-refractivity contribution in [1.29, 1.82) is 0 Å². The number of hydrogen-bond acceptors (Lipinski definition) is 6. The zero-order valence-corrected chi connectivity index (χ0v) is 12.6. The number of rotatable bonds is 2. The van der Waals surface area contributed by atoms with Gasteiger partial charge in [-0.05, 0) is 24.3 Å². The normalized spacial score (nSPS) is 13.0. The van der Waals surface area contributed by atoms with Crippen molar-refractivity contribution in [3.05, 3.63) is 62.3 Å². The van der Waals surface area contributed by atoms with E-state index in [0.717, 1.165) is 0 Å². The first-order chi connectivity index (χ1) is 12.0. The monoisotopic (exact) mass is 337 g/mol. The van der Waals surface area contributed by atoms with Gasteiger partial charge in [0, 0.05) is 0 Å². The van der Waals surface area contributed by atoms with E-state index in [1.165, 1.54) is 12.1 Å². The average Bonchev–Trinajstić information content (AvgIpc) is 2.84. The number of aromatic nitrogens is 2. The number of imide groups is 1. The van der Waals surface area contributed by atoms with Crippen LogP contribution in [0.25, 0.3) is 10.9 Å². The maximum Gasteiger partial charge on any atom is 0.326 e. The van der Waals surface area contributed by atoms with Crippen molar-refractivity contribution in [3.8, 4) is 0 Å². The number of carbonyl (C=O) groups excluding carboxylic acids is 2. The third-order valence-corrected chi connectivity index (χ3v) is 3.96. The predicted octanol–water partition coefficient (Wildman–Crippen LogP) is 0.426. The number of amides is 2. The highest BCUT2D eigenvalue weighted by Crippen LogP contribution is 2.33. The van der Waals surface area contributed by atoms with Crippen LogP contribution >= 0.6 is 0 Å². The number of aromatic amines is 2. The van der Waals surface area contributed by atoms with E-state index in [1.54, 1.807) is 18.2 Å². The van der Waals surface area contributed by atoms with Gasteiger partial charge in [-0.3, -0.25) is 24.7 Å². The number of carbonyl (C=O) groups is 2. The second-order valence-electron chi connectivity index (χ2n) is 5.50. The quantitative estimate of drug-likeness (QED) is 0.338. The SMILES string of the molecule is Nc1ccc2c(c1Nc1cccc3[nH]c(=O)[nH]c(=O)c13)C(=O)NC2=O. The summed E-state index contributed by atoms with van der Waals surface area (Å²) < 4.78 is 0. The van der Waals surface area contributed by atoms with E-state index < -0.39 is 23.1 Å². The Kier molecular flexibility index (Phi) is 2.98. The average molecular weight is 337 g/mol. The molecule has 1 aliphatic heterocycles. The Morgan fingerprint density at radius 1 is 0.920 bits per heavy atom. The number of nitrogens with one attached hydrogen (secondary N) is 4. The maximum absolute atomic E-state index is 12.2. The predicted molar refractivity (Wildman–Crippen MR) is 91.1 cm³/mol. The first-order valence-corrected chi connectivity index (χ1v) is 7.26. The summed E-state index contributed by atoms with van der Waals surface area (Å²) in [6.07, 6.45) is 0. The summed E-state index contributed by atoms with van der Waals surface area (Å²) in [6, 6.07) is 7.76. The second-order valence-corrected chi connectivity index (χ2v) is 5.50. The van der Waals surface area contributed by atoms with Crippen LogP contribution in [-0.2, 0) is 0 Å². The van der Waals surface area contributed by atoms with Gasteiger partial charge in [-0.15, -0.1) is 0 Å². The van der Waals surface area contributed by atoms with Gasteiger partial charge in [0.15, 0.2) is 0 Å². The smallest absolute Gasteiger partial charge is 0.326 e. The molecule has 0 atom stereocenters. The molecule has 4 rings (SSSR count). The summed E-state index contributed by atoms with van der Waals surface area (Å²) in [6.45, 7) is 0. The molecular weight excluding hydrogens is 326 g/mol. The van der Waals surface area contributed by atoms with Crippen LogP contribution in [0.2, 0.25) is 0 Å². The lowest BCUT2D eigenvalue weighted by Crippen LogP contribution is -2.22. The number of H-pyrrole nitrogens is 2. The Labute approximate surface area is 138 Å². The van der Waals surface area contributed by atoms with Gasteiger partial charge in [-0.25, -0.2) is 4.79 Å². The van der Waals surface area contributed by atoms with Gasteiger partial charge in [0.05, 0.1) is 39.1 Å². The molecule has 124 valence electrons. The highest BCUT2D eigenvalue weighted by molar-refractivity contribution is 6.25. The van der Waals surface area contributed by atoms with E-state index in [9.17, 15) is 19.2 Å². The molecule has 0 unspecified atom stereocenters. The summed E-state index contributed by atoms with van der Waals surface area (Å²) in [5.41, 5.74) is 6.17. The fourth-order valence-electron chi connectivity index (χ4n) is 2.87. The van der Waals surface area contributed by atoms with Crippen LogP contribution in [0.5, 0.6) is 0 Å². The third kappa shape index (κ3) is 2.17. The van der Waals surface area contributed by atoms with Gasteiger partial charge < -0.3 is 16.0 Å². The van der Waals surface area contributed by atoms with E-state index in [2.05, 4.69) is 20.6 Å². The summed E-state index contributed by atoms with van der Waals surface area (Å²) in [5, 5.41) is 5.35. The van der Waals surface area contributed by atoms with Gasteiger partial charge >= 0.3 is 5.69 Å². The van der Waals surface area contributed by atoms with Crippen LogP contribution < -0.4 is 27.6 Å². The highest BCUT2D eigenvalue weighted by Gasteiger charge is 2.31.